The summed E-state index contributed by atoms with van der Waals surface area (Å²) in [7, 11) is 1.05. The summed E-state index contributed by atoms with van der Waals surface area (Å²) in [5, 5.41) is 0. The lowest BCUT2D eigenvalue weighted by atomic mass is 9.73. The summed E-state index contributed by atoms with van der Waals surface area (Å²) >= 11 is 0. The second-order valence-electron chi connectivity index (χ2n) is 6.41. The van der Waals surface area contributed by atoms with Crippen LogP contribution in [-0.2, 0) is 0 Å². The van der Waals surface area contributed by atoms with Gasteiger partial charge in [0.2, 0.25) is 0 Å². The normalized spacial score (nSPS) is 10.5. The molecule has 0 amide bonds. The molecule has 0 bridgehead atoms. The predicted molar refractivity (Wildman–Crippen MR) is 113 cm³/mol. The largest absolute Gasteiger partial charge is 0.248 e. The quantitative estimate of drug-likeness (QED) is 0.468. The highest BCUT2D eigenvalue weighted by molar-refractivity contribution is 6.51. The first-order chi connectivity index (χ1) is 12.8. The first kappa shape index (κ1) is 16.3. The van der Waals surface area contributed by atoms with Crippen LogP contribution in [0, 0.1) is 0 Å². The lowest BCUT2D eigenvalue weighted by Crippen LogP contribution is -2.08. The minimum absolute atomic E-state index is 1.00. The highest BCUT2D eigenvalue weighted by Crippen LogP contribution is 2.29. The average Bonchev–Trinajstić information content (AvgIpc) is 2.75. The van der Waals surface area contributed by atoms with E-state index in [4.69, 9.17) is 4.98 Å². The van der Waals surface area contributed by atoms with E-state index in [1.54, 1.807) is 0 Å². The van der Waals surface area contributed by atoms with E-state index >= 15 is 0 Å². The number of rotatable bonds is 4. The third-order valence-corrected chi connectivity index (χ3v) is 4.66. The van der Waals surface area contributed by atoms with Gasteiger partial charge in [-0.15, -0.1) is 0 Å². The number of hydrogen-bond acceptors (Lipinski definition) is 1. The van der Waals surface area contributed by atoms with E-state index in [1.807, 2.05) is 12.1 Å². The second-order valence-corrected chi connectivity index (χ2v) is 6.41. The Hall–Kier alpha value is -3.13. The van der Waals surface area contributed by atoms with Gasteiger partial charge in [-0.3, -0.25) is 0 Å². The van der Waals surface area contributed by atoms with Crippen LogP contribution in [-0.4, -0.2) is 12.3 Å². The summed E-state index contributed by atoms with van der Waals surface area (Å²) in [5.74, 6) is 0. The summed E-state index contributed by atoms with van der Waals surface area (Å²) in [6.07, 6.45) is 0. The lowest BCUT2D eigenvalue weighted by Gasteiger charge is -2.10. The van der Waals surface area contributed by atoms with Crippen molar-refractivity contribution in [2.24, 2.45) is 0 Å². The van der Waals surface area contributed by atoms with E-state index in [1.165, 1.54) is 16.6 Å². The second kappa shape index (κ2) is 7.41. The Kier molecular flexibility index (Phi) is 4.66. The van der Waals surface area contributed by atoms with E-state index < -0.39 is 0 Å². The van der Waals surface area contributed by atoms with Crippen LogP contribution in [0.25, 0.3) is 33.6 Å². The molecule has 0 atom stereocenters. The minimum Gasteiger partial charge on any atom is -0.248 e. The summed E-state index contributed by atoms with van der Waals surface area (Å²) in [6, 6.07) is 34.0. The Labute approximate surface area is 155 Å². The van der Waals surface area contributed by atoms with E-state index in [0.717, 1.165) is 29.8 Å². The Morgan fingerprint density at radius 1 is 0.538 bits per heavy atom. The maximum Gasteiger partial charge on any atom is 0.154 e. The zero-order chi connectivity index (χ0) is 17.8. The first-order valence-corrected chi connectivity index (χ1v) is 9.06. The molecule has 0 N–H and O–H groups in total. The Morgan fingerprint density at radius 2 is 1.04 bits per heavy atom. The van der Waals surface area contributed by atoms with Crippen LogP contribution in [0.3, 0.4) is 0 Å². The monoisotopic (exact) mass is 333 g/mol. The molecule has 4 aromatic rings. The summed E-state index contributed by atoms with van der Waals surface area (Å²) in [4.78, 5) is 4.95. The molecule has 0 unspecified atom stereocenters. The van der Waals surface area contributed by atoms with Crippen LogP contribution in [0.2, 0.25) is 6.82 Å². The van der Waals surface area contributed by atoms with Gasteiger partial charge in [0.05, 0.1) is 11.4 Å². The molecule has 0 fully saturated rings. The SMILES string of the molecule is CBc1ccc(-c2cc(-c3ccccc3)cc(-c3ccccc3)n2)cc1. The lowest BCUT2D eigenvalue weighted by molar-refractivity contribution is 1.32. The van der Waals surface area contributed by atoms with Crippen LogP contribution in [0.15, 0.2) is 97.1 Å². The molecule has 0 aliphatic heterocycles. The van der Waals surface area contributed by atoms with Crippen molar-refractivity contribution in [1.82, 2.24) is 4.98 Å². The molecule has 0 radical (unpaired) electrons. The van der Waals surface area contributed by atoms with E-state index in [0.29, 0.717) is 0 Å². The first-order valence-electron chi connectivity index (χ1n) is 9.06. The molecule has 0 saturated carbocycles. The molecule has 0 aliphatic rings. The molecule has 2 heteroatoms. The van der Waals surface area contributed by atoms with Gasteiger partial charge in [-0.05, 0) is 23.3 Å². The number of benzene rings is 3. The Bertz CT molecular complexity index is 936. The zero-order valence-corrected chi connectivity index (χ0v) is 14.9. The number of aromatic nitrogens is 1. The van der Waals surface area contributed by atoms with E-state index in [-0.39, 0.29) is 0 Å². The van der Waals surface area contributed by atoms with Crippen molar-refractivity contribution in [1.29, 1.82) is 0 Å². The zero-order valence-electron chi connectivity index (χ0n) is 14.9. The van der Waals surface area contributed by atoms with Crippen molar-refractivity contribution in [2.45, 2.75) is 6.82 Å². The van der Waals surface area contributed by atoms with Gasteiger partial charge in [-0.1, -0.05) is 97.2 Å². The third kappa shape index (κ3) is 3.45. The molecule has 1 heterocycles. The van der Waals surface area contributed by atoms with Crippen molar-refractivity contribution in [3.05, 3.63) is 97.1 Å². The van der Waals surface area contributed by atoms with Crippen molar-refractivity contribution in [3.8, 4) is 33.6 Å². The standard InChI is InChI=1S/C24H20BN/c1-25-22-14-12-20(13-15-22)24-17-21(18-8-4-2-5-9-18)16-23(26-24)19-10-6-3-7-11-19/h2-17,25H,1H3. The van der Waals surface area contributed by atoms with E-state index in [9.17, 15) is 0 Å². The molecule has 0 saturated heterocycles. The Balaban J connectivity index is 1.87. The van der Waals surface area contributed by atoms with Crippen LogP contribution in [0.5, 0.6) is 0 Å². The molecule has 0 spiro atoms. The van der Waals surface area contributed by atoms with Crippen molar-refractivity contribution in [3.63, 3.8) is 0 Å². The van der Waals surface area contributed by atoms with Gasteiger partial charge in [0, 0.05) is 11.1 Å². The van der Waals surface area contributed by atoms with Gasteiger partial charge in [-0.25, -0.2) is 4.98 Å². The number of pyridine rings is 1. The maximum atomic E-state index is 4.95. The van der Waals surface area contributed by atoms with Gasteiger partial charge in [-0.2, -0.15) is 0 Å². The van der Waals surface area contributed by atoms with Crippen LogP contribution < -0.4 is 5.46 Å². The summed E-state index contributed by atoms with van der Waals surface area (Å²) in [6.45, 7) is 2.18. The van der Waals surface area contributed by atoms with Gasteiger partial charge < -0.3 is 0 Å². The number of hydrogen-bond donors (Lipinski definition) is 0. The van der Waals surface area contributed by atoms with Gasteiger partial charge >= 0.3 is 0 Å². The predicted octanol–water partition coefficient (Wildman–Crippen LogP) is 5.19. The fourth-order valence-electron chi connectivity index (χ4n) is 3.14. The molecule has 26 heavy (non-hydrogen) atoms. The van der Waals surface area contributed by atoms with Crippen molar-refractivity contribution in [2.75, 3.05) is 0 Å². The fourth-order valence-corrected chi connectivity index (χ4v) is 3.14. The van der Waals surface area contributed by atoms with Gasteiger partial charge in [0.15, 0.2) is 7.28 Å². The fraction of sp³-hybridized carbons (Fsp3) is 0.0417. The maximum absolute atomic E-state index is 4.95. The van der Waals surface area contributed by atoms with Crippen LogP contribution in [0.4, 0.5) is 0 Å². The number of nitrogens with zero attached hydrogens (tertiary/aromatic N) is 1. The topological polar surface area (TPSA) is 12.9 Å². The molecule has 4 rings (SSSR count). The Morgan fingerprint density at radius 3 is 1.58 bits per heavy atom. The molecule has 0 aliphatic carbocycles. The van der Waals surface area contributed by atoms with Crippen LogP contribution in [0.1, 0.15) is 0 Å². The molecule has 3 aromatic carbocycles. The molecular weight excluding hydrogens is 313 g/mol. The van der Waals surface area contributed by atoms with Gasteiger partial charge in [0.1, 0.15) is 0 Å². The highest BCUT2D eigenvalue weighted by atomic mass is 14.7. The van der Waals surface area contributed by atoms with Crippen molar-refractivity contribution >= 4 is 12.7 Å². The minimum atomic E-state index is 1.00. The van der Waals surface area contributed by atoms with E-state index in [2.05, 4.69) is 91.8 Å². The average molecular weight is 333 g/mol. The van der Waals surface area contributed by atoms with Crippen molar-refractivity contribution < 1.29 is 0 Å². The molecule has 124 valence electrons. The van der Waals surface area contributed by atoms with Gasteiger partial charge in [0.25, 0.3) is 0 Å². The smallest absolute Gasteiger partial charge is 0.154 e. The third-order valence-electron chi connectivity index (χ3n) is 4.66. The molecule has 1 aromatic heterocycles. The highest BCUT2D eigenvalue weighted by Gasteiger charge is 2.08. The molecule has 1 nitrogen and oxygen atoms in total. The molecular formula is C24H20BN. The summed E-state index contributed by atoms with van der Waals surface area (Å²) < 4.78 is 0. The van der Waals surface area contributed by atoms with Crippen LogP contribution >= 0.6 is 0 Å². The summed E-state index contributed by atoms with van der Waals surface area (Å²) in [5.41, 5.74) is 8.03.